The van der Waals surface area contributed by atoms with Gasteiger partial charge in [0.05, 0.1) is 58.9 Å². The molecule has 11 nitrogen and oxygen atoms in total. The van der Waals surface area contributed by atoms with Crippen molar-refractivity contribution in [2.75, 3.05) is 23.9 Å². The van der Waals surface area contributed by atoms with Gasteiger partial charge >= 0.3 is 0 Å². The summed E-state index contributed by atoms with van der Waals surface area (Å²) in [5.74, 6) is -2.16. The first-order valence-corrected chi connectivity index (χ1v) is 16.8. The van der Waals surface area contributed by atoms with Crippen molar-refractivity contribution in [1.82, 2.24) is 24.9 Å². The molecular formula is C31H37F2N7O4S. The van der Waals surface area contributed by atoms with Crippen LogP contribution in [0.3, 0.4) is 0 Å². The molecule has 0 aliphatic heterocycles. The van der Waals surface area contributed by atoms with Crippen LogP contribution in [0.4, 0.5) is 20.4 Å². The maximum atomic E-state index is 15.5. The number of halogens is 2. The zero-order valence-corrected chi connectivity index (χ0v) is 26.3. The van der Waals surface area contributed by atoms with Crippen molar-refractivity contribution >= 4 is 32.9 Å². The van der Waals surface area contributed by atoms with Crippen molar-refractivity contribution in [2.45, 2.75) is 57.7 Å². The molecule has 0 radical (unpaired) electrons. The smallest absolute Gasteiger partial charge is 0.254 e. The van der Waals surface area contributed by atoms with Crippen molar-refractivity contribution in [2.24, 2.45) is 11.7 Å². The highest BCUT2D eigenvalue weighted by molar-refractivity contribution is 7.90. The minimum absolute atomic E-state index is 0.0156. The number of hydrogen-bond donors (Lipinski definition) is 3. The van der Waals surface area contributed by atoms with Gasteiger partial charge in [0, 0.05) is 24.5 Å². The second-order valence-corrected chi connectivity index (χ2v) is 14.2. The maximum absolute atomic E-state index is 15.5. The number of pyridine rings is 1. The molecule has 1 aliphatic carbocycles. The number of carbonyl (C=O) groups excluding carboxylic acids is 1. The van der Waals surface area contributed by atoms with E-state index in [2.05, 4.69) is 25.7 Å². The predicted molar refractivity (Wildman–Crippen MR) is 167 cm³/mol. The lowest BCUT2D eigenvalue weighted by molar-refractivity contribution is -0.0152. The molecule has 1 fully saturated rings. The number of sulfone groups is 1. The second kappa shape index (κ2) is 13.2. The molecule has 4 atom stereocenters. The normalized spacial score (nSPS) is 20.4. The van der Waals surface area contributed by atoms with Crippen molar-refractivity contribution in [3.63, 3.8) is 0 Å². The third kappa shape index (κ3) is 7.29. The zero-order chi connectivity index (χ0) is 32.5. The Kier molecular flexibility index (Phi) is 9.46. The minimum Gasteiger partial charge on any atom is -0.375 e. The van der Waals surface area contributed by atoms with Crippen LogP contribution in [0.5, 0.6) is 0 Å². The van der Waals surface area contributed by atoms with E-state index in [4.69, 9.17) is 10.5 Å². The van der Waals surface area contributed by atoms with E-state index < -0.39 is 32.9 Å². The fraction of sp³-hybridized carbons (Fsp3) is 0.419. The van der Waals surface area contributed by atoms with Gasteiger partial charge in [-0.1, -0.05) is 6.92 Å². The number of rotatable bonds is 10. The molecule has 0 unspecified atom stereocenters. The van der Waals surface area contributed by atoms with E-state index in [1.807, 2.05) is 13.0 Å². The molecule has 1 saturated carbocycles. The quantitative estimate of drug-likeness (QED) is 0.231. The number of ether oxygens (including phenoxy) is 1. The van der Waals surface area contributed by atoms with E-state index in [-0.39, 0.29) is 53.6 Å². The average Bonchev–Trinajstić information content (AvgIpc) is 3.35. The molecule has 1 amide bonds. The molecule has 14 heteroatoms. The van der Waals surface area contributed by atoms with E-state index in [0.717, 1.165) is 24.1 Å². The molecule has 1 aromatic carbocycles. The van der Waals surface area contributed by atoms with Crippen molar-refractivity contribution in [1.29, 1.82) is 0 Å². The van der Waals surface area contributed by atoms with Crippen LogP contribution in [0.1, 0.15) is 55.5 Å². The first kappa shape index (κ1) is 32.4. The third-order valence-corrected chi connectivity index (χ3v) is 8.81. The van der Waals surface area contributed by atoms with Gasteiger partial charge < -0.3 is 21.1 Å². The van der Waals surface area contributed by atoms with Gasteiger partial charge in [-0.3, -0.25) is 9.78 Å². The second-order valence-electron chi connectivity index (χ2n) is 11.9. The van der Waals surface area contributed by atoms with Crippen LogP contribution in [-0.4, -0.2) is 70.7 Å². The number of anilines is 2. The average molecular weight is 642 g/mol. The summed E-state index contributed by atoms with van der Waals surface area (Å²) in [5.41, 5.74) is 8.01. The van der Waals surface area contributed by atoms with E-state index in [1.165, 1.54) is 16.8 Å². The van der Waals surface area contributed by atoms with Crippen LogP contribution in [0.2, 0.25) is 0 Å². The lowest BCUT2D eigenvalue weighted by Crippen LogP contribution is -2.47. The van der Waals surface area contributed by atoms with Crippen LogP contribution in [0, 0.1) is 17.6 Å². The summed E-state index contributed by atoms with van der Waals surface area (Å²) in [7, 11) is -3.14. The first-order valence-electron chi connectivity index (χ1n) is 14.7. The fourth-order valence-electron chi connectivity index (χ4n) is 5.83. The first-order chi connectivity index (χ1) is 21.3. The number of imidazole rings is 1. The molecule has 1 aliphatic rings. The number of carbonyl (C=O) groups is 1. The standard InChI is InChI=1S/C31H37F2N7O4S/c1-17(2)37-30(41)22-6-7-23(32)27(28(22)33)25-8-5-20-15-36-31(40(20)39-25)38-26-16-35-10-9-21(26)19-13-18(3)29(24(34)14-19)44-11-12-45(4,42)43/h5-10,15-19,24,29H,11-14,34H2,1-4H3,(H,36,38)(H,37,41)/t18-,19+,24+,29-/m0/s1. The molecule has 0 saturated heterocycles. The Labute approximate surface area is 260 Å². The third-order valence-electron chi connectivity index (χ3n) is 7.90. The van der Waals surface area contributed by atoms with Gasteiger partial charge in [-0.15, -0.1) is 0 Å². The van der Waals surface area contributed by atoms with E-state index >= 15 is 4.39 Å². The van der Waals surface area contributed by atoms with Gasteiger partial charge in [-0.05, 0) is 74.4 Å². The summed E-state index contributed by atoms with van der Waals surface area (Å²) in [6.45, 7) is 5.63. The summed E-state index contributed by atoms with van der Waals surface area (Å²) < 4.78 is 60.9. The Morgan fingerprint density at radius 1 is 1.16 bits per heavy atom. The largest absolute Gasteiger partial charge is 0.375 e. The summed E-state index contributed by atoms with van der Waals surface area (Å²) in [5, 5.41) is 10.4. The van der Waals surface area contributed by atoms with Crippen molar-refractivity contribution < 1.29 is 26.7 Å². The number of amides is 1. The van der Waals surface area contributed by atoms with Gasteiger partial charge in [0.2, 0.25) is 5.95 Å². The Hall–Kier alpha value is -4.01. The maximum Gasteiger partial charge on any atom is 0.254 e. The van der Waals surface area contributed by atoms with Gasteiger partial charge in [0.1, 0.15) is 21.5 Å². The Bertz CT molecular complexity index is 1800. The van der Waals surface area contributed by atoms with E-state index in [1.54, 1.807) is 38.5 Å². The molecule has 0 spiro atoms. The zero-order valence-electron chi connectivity index (χ0n) is 25.5. The van der Waals surface area contributed by atoms with Crippen molar-refractivity contribution in [3.8, 4) is 11.3 Å². The number of hydrogen-bond acceptors (Lipinski definition) is 9. The summed E-state index contributed by atoms with van der Waals surface area (Å²) >= 11 is 0. The van der Waals surface area contributed by atoms with Crippen LogP contribution < -0.4 is 16.4 Å². The van der Waals surface area contributed by atoms with Crippen LogP contribution in [-0.2, 0) is 14.6 Å². The monoisotopic (exact) mass is 641 g/mol. The SMILES string of the molecule is CC(C)NC(=O)c1ccc(F)c(-c2ccc3cnc(Nc4cnccc4[C@H]4C[C@@H](N)[C@@H](OCCS(C)(=O)=O)[C@@H](C)C4)n3n2)c1F. The molecular weight excluding hydrogens is 604 g/mol. The minimum atomic E-state index is -3.14. The lowest BCUT2D eigenvalue weighted by atomic mass is 9.74. The Morgan fingerprint density at radius 3 is 2.64 bits per heavy atom. The van der Waals surface area contributed by atoms with Gasteiger partial charge in [-0.25, -0.2) is 22.2 Å². The lowest BCUT2D eigenvalue weighted by Gasteiger charge is -2.39. The summed E-state index contributed by atoms with van der Waals surface area (Å²) in [4.78, 5) is 21.3. The Morgan fingerprint density at radius 2 is 1.93 bits per heavy atom. The van der Waals surface area contributed by atoms with Crippen LogP contribution in [0.15, 0.2) is 48.9 Å². The Balaban J connectivity index is 1.41. The number of aromatic nitrogens is 4. The molecule has 5 rings (SSSR count). The molecule has 4 N–H and O–H groups in total. The fourth-order valence-corrected chi connectivity index (χ4v) is 6.23. The number of benzene rings is 1. The van der Waals surface area contributed by atoms with Gasteiger partial charge in [-0.2, -0.15) is 9.61 Å². The molecule has 240 valence electrons. The van der Waals surface area contributed by atoms with Gasteiger partial charge in [0.15, 0.2) is 0 Å². The highest BCUT2D eigenvalue weighted by Crippen LogP contribution is 2.40. The summed E-state index contributed by atoms with van der Waals surface area (Å²) in [6, 6.07) is 6.64. The highest BCUT2D eigenvalue weighted by atomic mass is 32.2. The van der Waals surface area contributed by atoms with Gasteiger partial charge in [0.25, 0.3) is 5.91 Å². The summed E-state index contributed by atoms with van der Waals surface area (Å²) in [6.07, 6.45) is 7.20. The van der Waals surface area contributed by atoms with Crippen molar-refractivity contribution in [3.05, 3.63) is 71.7 Å². The predicted octanol–water partition coefficient (Wildman–Crippen LogP) is 4.22. The highest BCUT2D eigenvalue weighted by Gasteiger charge is 2.36. The topological polar surface area (TPSA) is 154 Å². The molecule has 4 aromatic rings. The molecule has 3 aromatic heterocycles. The molecule has 0 bridgehead atoms. The van der Waals surface area contributed by atoms with E-state index in [0.29, 0.717) is 23.6 Å². The van der Waals surface area contributed by atoms with Crippen LogP contribution in [0.25, 0.3) is 16.8 Å². The van der Waals surface area contributed by atoms with Crippen LogP contribution >= 0.6 is 0 Å². The number of nitrogens with one attached hydrogen (secondary N) is 2. The number of nitrogens with two attached hydrogens (primary N) is 1. The molecule has 3 heterocycles. The number of nitrogens with zero attached hydrogens (tertiary/aromatic N) is 4. The number of fused-ring (bicyclic) bond motifs is 1. The van der Waals surface area contributed by atoms with E-state index in [9.17, 15) is 17.6 Å². The molecule has 45 heavy (non-hydrogen) atoms.